The van der Waals surface area contributed by atoms with E-state index in [1.165, 1.54) is 0 Å². The molecule has 278 valence electrons. The molecule has 9 nitrogen and oxygen atoms in total. The van der Waals surface area contributed by atoms with Crippen molar-refractivity contribution in [1.82, 2.24) is 9.88 Å². The van der Waals surface area contributed by atoms with E-state index in [1.54, 1.807) is 35.0 Å². The summed E-state index contributed by atoms with van der Waals surface area (Å²) in [4.78, 5) is 49.3. The number of aromatic amines is 1. The normalized spacial score (nSPS) is 23.5. The smallest absolute Gasteiger partial charge is 0.264 e. The van der Waals surface area contributed by atoms with E-state index in [2.05, 4.69) is 10.3 Å². The van der Waals surface area contributed by atoms with Gasteiger partial charge in [-0.15, -0.1) is 0 Å². The molecule has 0 radical (unpaired) electrons. The number of hydrogen-bond donors (Lipinski definition) is 3. The highest BCUT2D eigenvalue weighted by Crippen LogP contribution is 2.60. The van der Waals surface area contributed by atoms with Crippen molar-refractivity contribution in [3.63, 3.8) is 0 Å². The maximum Gasteiger partial charge on any atom is 0.264 e. The van der Waals surface area contributed by atoms with Gasteiger partial charge in [-0.3, -0.25) is 14.4 Å². The number of anilines is 2. The number of nitrogens with one attached hydrogen (secondary N) is 2. The maximum absolute atomic E-state index is 16.7. The number of carbonyl (C=O) groups is 3. The third kappa shape index (κ3) is 6.23. The monoisotopic (exact) mass is 744 g/mol. The Morgan fingerprint density at radius 3 is 2.48 bits per heavy atom. The first-order chi connectivity index (χ1) is 26.0. The van der Waals surface area contributed by atoms with E-state index in [0.29, 0.717) is 29.9 Å². The second-order valence-corrected chi connectivity index (χ2v) is 19.3. The van der Waals surface area contributed by atoms with Gasteiger partial charge >= 0.3 is 0 Å². The van der Waals surface area contributed by atoms with Crippen LogP contribution in [0.5, 0.6) is 0 Å². The Balaban J connectivity index is 1.14. The Labute approximate surface area is 315 Å². The fourth-order valence-corrected chi connectivity index (χ4v) is 11.7. The molecule has 0 unspecified atom stereocenters. The van der Waals surface area contributed by atoms with E-state index in [0.717, 1.165) is 33.2 Å². The Morgan fingerprint density at radius 2 is 1.72 bits per heavy atom. The largest absolute Gasteiger partial charge is 0.394 e. The summed E-state index contributed by atoms with van der Waals surface area (Å²) < 4.78 is 23.6. The summed E-state index contributed by atoms with van der Waals surface area (Å²) in [5.41, 5.74) is 4.23. The first-order valence-electron chi connectivity index (χ1n) is 18.7. The molecule has 0 aliphatic carbocycles. The van der Waals surface area contributed by atoms with Gasteiger partial charge in [0.25, 0.3) is 5.91 Å². The molecule has 3 aliphatic rings. The predicted molar refractivity (Wildman–Crippen MR) is 209 cm³/mol. The molecule has 4 heterocycles. The number of ether oxygens (including phenoxy) is 1. The standard InChI is InChI=1S/C43H45FN4O5Si/c1-27-41(54(2,3)44)38(22-40(51)47-25-30-14-8-7-13-29(30)19-33(47)26-49)53-43(27)35-21-32(46-39(50)20-31-23-45-36-16-10-9-15-34(31)36)17-18-37(35)48(42(43)52)24-28-11-5-4-6-12-28/h4-18,21,23,27,33,38,41,45,49H,19-20,22,24-26H2,1-3H3,(H,46,50)/t27-,33+,38+,41-,43+/m1/s1. The molecule has 11 heteroatoms. The number of H-pyrrole nitrogens is 1. The molecule has 0 saturated carbocycles. The second kappa shape index (κ2) is 14.0. The lowest BCUT2D eigenvalue weighted by atomic mass is 9.82. The average molecular weight is 745 g/mol. The highest BCUT2D eigenvalue weighted by molar-refractivity contribution is 6.72. The van der Waals surface area contributed by atoms with Crippen LogP contribution in [-0.2, 0) is 50.7 Å². The van der Waals surface area contributed by atoms with Gasteiger partial charge in [0.05, 0.1) is 43.8 Å². The summed E-state index contributed by atoms with van der Waals surface area (Å²) in [6, 6.07) is 30.3. The van der Waals surface area contributed by atoms with Crippen molar-refractivity contribution in [2.45, 2.75) is 75.7 Å². The van der Waals surface area contributed by atoms with Gasteiger partial charge < -0.3 is 34.1 Å². The van der Waals surface area contributed by atoms with Crippen LogP contribution in [0, 0.1) is 5.92 Å². The number of hydrogen-bond acceptors (Lipinski definition) is 5. The molecule has 1 aromatic heterocycles. The number of aliphatic hydroxyl groups excluding tert-OH is 1. The van der Waals surface area contributed by atoms with Crippen molar-refractivity contribution in [1.29, 1.82) is 0 Å². The summed E-state index contributed by atoms with van der Waals surface area (Å²) in [6.45, 7) is 5.51. The van der Waals surface area contributed by atoms with Crippen molar-refractivity contribution in [3.8, 4) is 0 Å². The topological polar surface area (TPSA) is 115 Å². The number of aromatic nitrogens is 1. The Kier molecular flexibility index (Phi) is 9.27. The van der Waals surface area contributed by atoms with Crippen LogP contribution < -0.4 is 10.2 Å². The molecule has 5 atom stereocenters. The summed E-state index contributed by atoms with van der Waals surface area (Å²) in [6.07, 6.45) is 1.49. The Bertz CT molecular complexity index is 2240. The molecular weight excluding hydrogens is 700 g/mol. The highest BCUT2D eigenvalue weighted by atomic mass is 28.4. The summed E-state index contributed by atoms with van der Waals surface area (Å²) >= 11 is 0. The number of rotatable bonds is 9. The van der Waals surface area contributed by atoms with Crippen molar-refractivity contribution < 1.29 is 28.3 Å². The van der Waals surface area contributed by atoms with Gasteiger partial charge in [0.2, 0.25) is 20.2 Å². The van der Waals surface area contributed by atoms with Gasteiger partial charge in [-0.1, -0.05) is 79.7 Å². The number of halogens is 1. The molecule has 3 N–H and O–H groups in total. The molecule has 3 aliphatic heterocycles. The van der Waals surface area contributed by atoms with E-state index in [4.69, 9.17) is 4.74 Å². The van der Waals surface area contributed by atoms with E-state index in [9.17, 15) is 19.5 Å². The molecule has 1 fully saturated rings. The lowest BCUT2D eigenvalue weighted by Crippen LogP contribution is -2.48. The van der Waals surface area contributed by atoms with Crippen LogP contribution >= 0.6 is 0 Å². The maximum atomic E-state index is 16.7. The molecule has 0 bridgehead atoms. The fourth-order valence-electron chi connectivity index (χ4n) is 9.24. The molecule has 3 amide bonds. The third-order valence-electron chi connectivity index (χ3n) is 11.7. The van der Waals surface area contributed by atoms with Crippen molar-refractivity contribution in [3.05, 3.63) is 131 Å². The van der Waals surface area contributed by atoms with Crippen molar-refractivity contribution in [2.75, 3.05) is 16.8 Å². The lowest BCUT2D eigenvalue weighted by molar-refractivity contribution is -0.151. The fraction of sp³-hybridized carbons (Fsp3) is 0.326. The molecule has 1 saturated heterocycles. The zero-order valence-electron chi connectivity index (χ0n) is 30.7. The van der Waals surface area contributed by atoms with Gasteiger partial charge in [0.15, 0.2) is 5.60 Å². The van der Waals surface area contributed by atoms with Crippen molar-refractivity contribution in [2.24, 2.45) is 5.92 Å². The van der Waals surface area contributed by atoms with Crippen LogP contribution in [0.2, 0.25) is 18.6 Å². The van der Waals surface area contributed by atoms with E-state index >= 15 is 4.11 Å². The summed E-state index contributed by atoms with van der Waals surface area (Å²) in [7, 11) is -3.58. The van der Waals surface area contributed by atoms with Crippen LogP contribution in [0.3, 0.4) is 0 Å². The zero-order valence-corrected chi connectivity index (χ0v) is 31.7. The van der Waals surface area contributed by atoms with Crippen LogP contribution in [0.25, 0.3) is 10.9 Å². The van der Waals surface area contributed by atoms with Gasteiger partial charge in [-0.2, -0.15) is 0 Å². The Morgan fingerprint density at radius 1 is 1.00 bits per heavy atom. The zero-order chi connectivity index (χ0) is 37.8. The highest BCUT2D eigenvalue weighted by Gasteiger charge is 2.67. The number of nitrogens with zero attached hydrogens (tertiary/aromatic N) is 2. The summed E-state index contributed by atoms with van der Waals surface area (Å²) in [5, 5.41) is 14.3. The van der Waals surface area contributed by atoms with Crippen LogP contribution in [0.15, 0.2) is 103 Å². The minimum absolute atomic E-state index is 0.127. The average Bonchev–Trinajstić information content (AvgIpc) is 3.77. The number of amides is 3. The van der Waals surface area contributed by atoms with E-state index in [1.807, 2.05) is 98.0 Å². The first kappa shape index (κ1) is 35.9. The predicted octanol–water partition coefficient (Wildman–Crippen LogP) is 7.01. The van der Waals surface area contributed by atoms with Gasteiger partial charge in [0, 0.05) is 46.4 Å². The van der Waals surface area contributed by atoms with Gasteiger partial charge in [-0.25, -0.2) is 0 Å². The molecular formula is C43H45FN4O5Si. The number of aliphatic hydroxyl groups is 1. The van der Waals surface area contributed by atoms with Gasteiger partial charge in [0.1, 0.15) is 0 Å². The number of fused-ring (bicyclic) bond motifs is 4. The first-order valence-corrected chi connectivity index (χ1v) is 21.6. The SMILES string of the molecule is C[C@@H]1[C@@H]([Si](C)(C)F)[C@H](CC(=O)N2Cc3ccccc3C[C@H]2CO)O[C@@]12C(=O)N(Cc1ccccc1)c1ccc(NC(=O)Cc3c[nH]c4ccccc34)cc12. The Hall–Kier alpha value is -5.10. The minimum Gasteiger partial charge on any atom is -0.394 e. The van der Waals surface area contributed by atoms with Crippen LogP contribution in [0.4, 0.5) is 15.5 Å². The van der Waals surface area contributed by atoms with Crippen LogP contribution in [-0.4, -0.2) is 59.9 Å². The van der Waals surface area contributed by atoms with E-state index in [-0.39, 0.29) is 43.7 Å². The molecule has 54 heavy (non-hydrogen) atoms. The summed E-state index contributed by atoms with van der Waals surface area (Å²) in [5.74, 6) is -1.40. The quantitative estimate of drug-likeness (QED) is 0.111. The molecule has 5 aromatic rings. The molecule has 8 rings (SSSR count). The number of carbonyl (C=O) groups excluding carboxylic acids is 3. The molecule has 1 spiro atoms. The van der Waals surface area contributed by atoms with Crippen molar-refractivity contribution >= 4 is 48.4 Å². The lowest BCUT2D eigenvalue weighted by Gasteiger charge is -2.37. The number of para-hydroxylation sites is 1. The minimum atomic E-state index is -3.58. The second-order valence-electron chi connectivity index (χ2n) is 15.5. The molecule has 4 aromatic carbocycles. The number of benzene rings is 4. The van der Waals surface area contributed by atoms with Gasteiger partial charge in [-0.05, 0) is 66.0 Å². The van der Waals surface area contributed by atoms with E-state index < -0.39 is 37.6 Å². The van der Waals surface area contributed by atoms with Crippen LogP contribution in [0.1, 0.15) is 41.2 Å². The third-order valence-corrected chi connectivity index (χ3v) is 14.2.